The Balaban J connectivity index is 1.93. The Hall–Kier alpha value is -2.71. The molecule has 152 valence electrons. The van der Waals surface area contributed by atoms with Crippen molar-refractivity contribution in [1.29, 1.82) is 0 Å². The lowest BCUT2D eigenvalue weighted by atomic mass is 10.2. The summed E-state index contributed by atoms with van der Waals surface area (Å²) in [5, 5.41) is 0.983. The molecule has 29 heavy (non-hydrogen) atoms. The molecule has 0 saturated heterocycles. The SMILES string of the molecule is Cc1cc(S(=O)(=O)C(CNC(=O)c2c(F)cccc2Cl)c2ccco2)ccc1F. The topological polar surface area (TPSA) is 76.4 Å². The fourth-order valence-electron chi connectivity index (χ4n) is 2.78. The first kappa shape index (κ1) is 21.0. The average Bonchev–Trinajstić information content (AvgIpc) is 3.18. The summed E-state index contributed by atoms with van der Waals surface area (Å²) in [7, 11) is -4.06. The molecule has 0 spiro atoms. The van der Waals surface area contributed by atoms with Crippen LogP contribution >= 0.6 is 11.6 Å². The Bertz CT molecular complexity index is 1130. The number of hydrogen-bond donors (Lipinski definition) is 1. The van der Waals surface area contributed by atoms with Gasteiger partial charge in [-0.1, -0.05) is 17.7 Å². The van der Waals surface area contributed by atoms with Crippen molar-refractivity contribution in [3.05, 3.63) is 88.3 Å². The van der Waals surface area contributed by atoms with Crippen molar-refractivity contribution in [3.8, 4) is 0 Å². The Labute approximate surface area is 171 Å². The van der Waals surface area contributed by atoms with Gasteiger partial charge >= 0.3 is 0 Å². The van der Waals surface area contributed by atoms with Gasteiger partial charge < -0.3 is 9.73 Å². The number of aryl methyl sites for hydroxylation is 1. The van der Waals surface area contributed by atoms with Gasteiger partial charge in [-0.15, -0.1) is 0 Å². The van der Waals surface area contributed by atoms with E-state index in [-0.39, 0.29) is 26.8 Å². The average molecular weight is 440 g/mol. The Morgan fingerprint density at radius 1 is 1.14 bits per heavy atom. The second-order valence-electron chi connectivity index (χ2n) is 6.27. The van der Waals surface area contributed by atoms with E-state index in [1.807, 2.05) is 0 Å². The molecule has 1 unspecified atom stereocenters. The molecule has 9 heteroatoms. The lowest BCUT2D eigenvalue weighted by Gasteiger charge is -2.17. The number of nitrogens with one attached hydrogen (secondary N) is 1. The van der Waals surface area contributed by atoms with Crippen LogP contribution in [0, 0.1) is 18.6 Å². The first-order valence-electron chi connectivity index (χ1n) is 8.47. The van der Waals surface area contributed by atoms with Crippen molar-refractivity contribution < 1.29 is 26.4 Å². The predicted molar refractivity (Wildman–Crippen MR) is 104 cm³/mol. The maximum absolute atomic E-state index is 14.0. The zero-order valence-corrected chi connectivity index (χ0v) is 16.7. The molecule has 3 aromatic rings. The molecule has 0 aliphatic carbocycles. The molecule has 1 heterocycles. The molecule has 0 bridgehead atoms. The van der Waals surface area contributed by atoms with Crippen molar-refractivity contribution >= 4 is 27.3 Å². The zero-order chi connectivity index (χ0) is 21.2. The van der Waals surface area contributed by atoms with Crippen LogP contribution in [0.1, 0.15) is 26.9 Å². The smallest absolute Gasteiger partial charge is 0.255 e. The second-order valence-corrected chi connectivity index (χ2v) is 8.80. The molecular formula is C20H16ClF2NO4S. The summed E-state index contributed by atoms with van der Waals surface area (Å²) < 4.78 is 59.0. The third-order valence-corrected chi connectivity index (χ3v) is 6.70. The summed E-state index contributed by atoms with van der Waals surface area (Å²) >= 11 is 5.88. The zero-order valence-electron chi connectivity index (χ0n) is 15.2. The minimum absolute atomic E-state index is 0.0758. The van der Waals surface area contributed by atoms with Gasteiger partial charge in [0.2, 0.25) is 0 Å². The minimum Gasteiger partial charge on any atom is -0.468 e. The van der Waals surface area contributed by atoms with Crippen LogP contribution in [0.3, 0.4) is 0 Å². The van der Waals surface area contributed by atoms with Crippen LogP contribution in [-0.4, -0.2) is 20.9 Å². The molecule has 0 aliphatic heterocycles. The van der Waals surface area contributed by atoms with Gasteiger partial charge in [0.25, 0.3) is 5.91 Å². The predicted octanol–water partition coefficient (Wildman–Crippen LogP) is 4.46. The van der Waals surface area contributed by atoms with Gasteiger partial charge in [-0.25, -0.2) is 17.2 Å². The van der Waals surface area contributed by atoms with Crippen molar-refractivity contribution in [3.63, 3.8) is 0 Å². The summed E-state index contributed by atoms with van der Waals surface area (Å²) in [5.74, 6) is -2.16. The Kier molecular flexibility index (Phi) is 6.04. The minimum atomic E-state index is -4.06. The van der Waals surface area contributed by atoms with Crippen LogP contribution in [0.4, 0.5) is 8.78 Å². The maximum Gasteiger partial charge on any atom is 0.255 e. The van der Waals surface area contributed by atoms with Crippen LogP contribution in [0.2, 0.25) is 5.02 Å². The highest BCUT2D eigenvalue weighted by Gasteiger charge is 2.32. The number of carbonyl (C=O) groups excluding carboxylic acids is 1. The van der Waals surface area contributed by atoms with Gasteiger partial charge in [0.05, 0.1) is 21.7 Å². The van der Waals surface area contributed by atoms with Crippen LogP contribution in [0.5, 0.6) is 0 Å². The molecule has 0 saturated carbocycles. The van der Waals surface area contributed by atoms with Crippen LogP contribution in [0.15, 0.2) is 64.1 Å². The molecular weight excluding hydrogens is 424 g/mol. The molecule has 0 radical (unpaired) electrons. The lowest BCUT2D eigenvalue weighted by Crippen LogP contribution is -2.32. The normalized spacial score (nSPS) is 12.6. The van der Waals surface area contributed by atoms with E-state index < -0.39 is 39.2 Å². The molecule has 1 N–H and O–H groups in total. The summed E-state index contributed by atoms with van der Waals surface area (Å²) in [5.41, 5.74) is -0.228. The second kappa shape index (κ2) is 8.34. The standard InChI is InChI=1S/C20H16ClF2NO4S/c1-12-10-13(7-8-15(12)22)29(26,27)18(17-6-3-9-28-17)11-24-20(25)19-14(21)4-2-5-16(19)23/h2-10,18H,11H2,1H3,(H,24,25). The van der Waals surface area contributed by atoms with E-state index in [9.17, 15) is 22.0 Å². The van der Waals surface area contributed by atoms with E-state index in [2.05, 4.69) is 5.32 Å². The third kappa shape index (κ3) is 4.33. The quantitative estimate of drug-likeness (QED) is 0.575. The number of amides is 1. The van der Waals surface area contributed by atoms with E-state index in [0.717, 1.165) is 18.2 Å². The molecule has 1 atom stereocenters. The highest BCUT2D eigenvalue weighted by Crippen LogP contribution is 2.30. The van der Waals surface area contributed by atoms with Gasteiger partial charge in [0.1, 0.15) is 22.6 Å². The molecule has 0 fully saturated rings. The number of sulfone groups is 1. The largest absolute Gasteiger partial charge is 0.468 e. The van der Waals surface area contributed by atoms with Crippen molar-refractivity contribution in [2.75, 3.05) is 6.54 Å². The van der Waals surface area contributed by atoms with Gasteiger partial charge in [0.15, 0.2) is 9.84 Å². The number of furan rings is 1. The first-order chi connectivity index (χ1) is 13.7. The molecule has 3 rings (SSSR count). The van der Waals surface area contributed by atoms with Crippen molar-refractivity contribution in [1.82, 2.24) is 5.32 Å². The summed E-state index contributed by atoms with van der Waals surface area (Å²) in [6.45, 7) is 1.04. The molecule has 1 amide bonds. The van der Waals surface area contributed by atoms with Crippen molar-refractivity contribution in [2.45, 2.75) is 17.1 Å². The molecule has 1 aromatic heterocycles. The van der Waals surface area contributed by atoms with E-state index in [1.165, 1.54) is 43.5 Å². The van der Waals surface area contributed by atoms with E-state index in [4.69, 9.17) is 16.0 Å². The van der Waals surface area contributed by atoms with Gasteiger partial charge in [0, 0.05) is 6.54 Å². The third-order valence-electron chi connectivity index (χ3n) is 4.33. The van der Waals surface area contributed by atoms with Gasteiger partial charge in [-0.3, -0.25) is 4.79 Å². The molecule has 5 nitrogen and oxygen atoms in total. The summed E-state index contributed by atoms with van der Waals surface area (Å²) in [6.07, 6.45) is 1.29. The molecule has 2 aromatic carbocycles. The Morgan fingerprint density at radius 2 is 1.90 bits per heavy atom. The lowest BCUT2D eigenvalue weighted by molar-refractivity contribution is 0.0949. The number of halogens is 3. The van der Waals surface area contributed by atoms with Crippen LogP contribution in [-0.2, 0) is 9.84 Å². The fraction of sp³-hybridized carbons (Fsp3) is 0.150. The highest BCUT2D eigenvalue weighted by molar-refractivity contribution is 7.91. The van der Waals surface area contributed by atoms with E-state index in [0.29, 0.717) is 0 Å². The Morgan fingerprint density at radius 3 is 2.52 bits per heavy atom. The number of rotatable bonds is 6. The van der Waals surface area contributed by atoms with Gasteiger partial charge in [-0.2, -0.15) is 0 Å². The van der Waals surface area contributed by atoms with Crippen LogP contribution < -0.4 is 5.32 Å². The van der Waals surface area contributed by atoms with Crippen LogP contribution in [0.25, 0.3) is 0 Å². The van der Waals surface area contributed by atoms with Gasteiger partial charge in [-0.05, 0) is 55.0 Å². The first-order valence-corrected chi connectivity index (χ1v) is 10.4. The summed E-state index contributed by atoms with van der Waals surface area (Å²) in [4.78, 5) is 12.3. The molecule has 0 aliphatic rings. The maximum atomic E-state index is 14.0. The van der Waals surface area contributed by atoms with E-state index in [1.54, 1.807) is 0 Å². The monoisotopic (exact) mass is 439 g/mol. The highest BCUT2D eigenvalue weighted by atomic mass is 35.5. The number of hydrogen-bond acceptors (Lipinski definition) is 4. The number of benzene rings is 2. The summed E-state index contributed by atoms with van der Waals surface area (Å²) in [6, 6.07) is 10.1. The number of carbonyl (C=O) groups is 1. The fourth-order valence-corrected chi connectivity index (χ4v) is 4.70. The van der Waals surface area contributed by atoms with E-state index >= 15 is 0 Å². The van der Waals surface area contributed by atoms with Crippen molar-refractivity contribution in [2.24, 2.45) is 0 Å².